The van der Waals surface area contributed by atoms with Crippen molar-refractivity contribution < 1.29 is 5.11 Å². The molecule has 0 heterocycles. The van der Waals surface area contributed by atoms with Crippen LogP contribution >= 0.6 is 0 Å². The van der Waals surface area contributed by atoms with Crippen LogP contribution in [0.1, 0.15) is 41.5 Å². The molecule has 0 saturated carbocycles. The predicted molar refractivity (Wildman–Crippen MR) is 64.6 cm³/mol. The Hall–Kier alpha value is -0.160. The van der Waals surface area contributed by atoms with Crippen LogP contribution in [-0.2, 0) is 0 Å². The highest BCUT2D eigenvalue weighted by Crippen LogP contribution is 2.01. The fraction of sp³-hybridized carbons (Fsp3) is 1.00. The lowest BCUT2D eigenvalue weighted by Gasteiger charge is -2.40. The second-order valence-corrected chi connectivity index (χ2v) is 4.96. The van der Waals surface area contributed by atoms with Crippen LogP contribution in [0.2, 0.25) is 0 Å². The third-order valence-electron chi connectivity index (χ3n) is 1.84. The van der Waals surface area contributed by atoms with Gasteiger partial charge < -0.3 is 5.11 Å². The molecule has 0 unspecified atom stereocenters. The van der Waals surface area contributed by atoms with Gasteiger partial charge in [0.05, 0.1) is 6.61 Å². The minimum atomic E-state index is -0.587. The van der Waals surface area contributed by atoms with Crippen molar-refractivity contribution in [3.63, 3.8) is 0 Å². The molecule has 92 valence electrons. The van der Waals surface area contributed by atoms with E-state index >= 15 is 0 Å². The van der Waals surface area contributed by atoms with Gasteiger partial charge in [-0.1, -0.05) is 0 Å². The lowest BCUT2D eigenvalue weighted by Crippen LogP contribution is -2.72. The van der Waals surface area contributed by atoms with Gasteiger partial charge in [0, 0.05) is 18.1 Å². The summed E-state index contributed by atoms with van der Waals surface area (Å²) < 4.78 is 0. The Balaban J connectivity index is 4.59. The molecule has 0 aliphatic rings. The van der Waals surface area contributed by atoms with Gasteiger partial charge in [0.1, 0.15) is 5.79 Å². The minimum Gasteiger partial charge on any atom is -0.392 e. The molecule has 0 rings (SSSR count). The Morgan fingerprint density at radius 1 is 0.800 bits per heavy atom. The van der Waals surface area contributed by atoms with E-state index in [0.717, 1.165) is 0 Å². The molecule has 4 nitrogen and oxygen atoms in total. The van der Waals surface area contributed by atoms with Gasteiger partial charge in [-0.05, 0) is 41.5 Å². The Bertz CT molecular complexity index is 143. The highest BCUT2D eigenvalue weighted by atomic mass is 16.3. The maximum Gasteiger partial charge on any atom is 0.148 e. The first-order chi connectivity index (χ1) is 6.81. The summed E-state index contributed by atoms with van der Waals surface area (Å²) in [6, 6.07) is 0.902. The summed E-state index contributed by atoms with van der Waals surface area (Å²) >= 11 is 0. The first kappa shape index (κ1) is 14.8. The number of hydrogen-bond acceptors (Lipinski definition) is 4. The zero-order chi connectivity index (χ0) is 12.1. The Morgan fingerprint density at radius 2 is 1.07 bits per heavy atom. The van der Waals surface area contributed by atoms with Gasteiger partial charge in [-0.15, -0.1) is 0 Å². The van der Waals surface area contributed by atoms with Crippen molar-refractivity contribution in [3.05, 3.63) is 0 Å². The Labute approximate surface area is 93.8 Å². The predicted octanol–water partition coefficient (Wildman–Crippen LogP) is 0.626. The summed E-state index contributed by atoms with van der Waals surface area (Å²) in [5.74, 6) is -0.587. The van der Waals surface area contributed by atoms with Gasteiger partial charge in [0.2, 0.25) is 0 Å². The smallest absolute Gasteiger partial charge is 0.148 e. The number of aliphatic hydroxyl groups is 1. The molecule has 15 heavy (non-hydrogen) atoms. The zero-order valence-corrected chi connectivity index (χ0v) is 10.9. The second-order valence-electron chi connectivity index (χ2n) is 4.96. The normalized spacial score (nSPS) is 13.2. The molecule has 0 atom stereocenters. The fourth-order valence-corrected chi connectivity index (χ4v) is 1.74. The van der Waals surface area contributed by atoms with E-state index in [1.165, 1.54) is 0 Å². The van der Waals surface area contributed by atoms with Gasteiger partial charge in [0.15, 0.2) is 0 Å². The molecule has 0 bridgehead atoms. The lowest BCUT2D eigenvalue weighted by molar-refractivity contribution is 0.0710. The third-order valence-corrected chi connectivity index (χ3v) is 1.84. The van der Waals surface area contributed by atoms with E-state index in [1.54, 1.807) is 0 Å². The van der Waals surface area contributed by atoms with Crippen molar-refractivity contribution in [1.82, 2.24) is 16.0 Å². The molecular formula is C11H27N3O. The van der Waals surface area contributed by atoms with E-state index in [-0.39, 0.29) is 6.61 Å². The molecule has 4 N–H and O–H groups in total. The standard InChI is InChI=1S/C11H27N3O/c1-8(2)12-11(7-15,13-9(3)4)14-10(5)6/h8-10,12-15H,7H2,1-6H3. The van der Waals surface area contributed by atoms with Crippen LogP contribution in [0.5, 0.6) is 0 Å². The topological polar surface area (TPSA) is 56.3 Å². The number of hydrogen-bond donors (Lipinski definition) is 4. The van der Waals surface area contributed by atoms with Gasteiger partial charge >= 0.3 is 0 Å². The molecule has 0 aromatic rings. The summed E-state index contributed by atoms with van der Waals surface area (Å²) in [6.07, 6.45) is 0. The van der Waals surface area contributed by atoms with Gasteiger partial charge in [-0.3, -0.25) is 16.0 Å². The van der Waals surface area contributed by atoms with E-state index in [1.807, 2.05) is 0 Å². The van der Waals surface area contributed by atoms with Crippen LogP contribution in [0, 0.1) is 0 Å². The average molecular weight is 217 g/mol. The van der Waals surface area contributed by atoms with Crippen LogP contribution < -0.4 is 16.0 Å². The zero-order valence-electron chi connectivity index (χ0n) is 10.9. The summed E-state index contributed by atoms with van der Waals surface area (Å²) in [5, 5.41) is 19.5. The molecule has 0 spiro atoms. The Kier molecular flexibility index (Phi) is 6.36. The van der Waals surface area contributed by atoms with E-state index in [2.05, 4.69) is 57.5 Å². The largest absolute Gasteiger partial charge is 0.392 e. The van der Waals surface area contributed by atoms with Gasteiger partial charge in [-0.2, -0.15) is 0 Å². The molecule has 0 aromatic heterocycles. The molecule has 0 aromatic carbocycles. The van der Waals surface area contributed by atoms with E-state index < -0.39 is 5.79 Å². The monoisotopic (exact) mass is 217 g/mol. The Morgan fingerprint density at radius 3 is 1.20 bits per heavy atom. The van der Waals surface area contributed by atoms with Crippen LogP contribution in [0.25, 0.3) is 0 Å². The third kappa shape index (κ3) is 6.10. The number of rotatable bonds is 7. The van der Waals surface area contributed by atoms with Crippen LogP contribution in [-0.4, -0.2) is 35.6 Å². The molecule has 0 aliphatic carbocycles. The van der Waals surface area contributed by atoms with Crippen molar-refractivity contribution in [3.8, 4) is 0 Å². The number of aliphatic hydroxyl groups excluding tert-OH is 1. The van der Waals surface area contributed by atoms with Crippen LogP contribution in [0.15, 0.2) is 0 Å². The van der Waals surface area contributed by atoms with Crippen molar-refractivity contribution in [2.24, 2.45) is 0 Å². The first-order valence-electron chi connectivity index (χ1n) is 5.75. The van der Waals surface area contributed by atoms with E-state index in [4.69, 9.17) is 0 Å². The molecule has 4 heteroatoms. The highest BCUT2D eigenvalue weighted by Gasteiger charge is 2.30. The van der Waals surface area contributed by atoms with Crippen molar-refractivity contribution in [2.45, 2.75) is 65.5 Å². The number of nitrogens with one attached hydrogen (secondary N) is 3. The summed E-state index contributed by atoms with van der Waals surface area (Å²) in [6.45, 7) is 12.4. The molecule has 0 fully saturated rings. The van der Waals surface area contributed by atoms with Crippen LogP contribution in [0.3, 0.4) is 0 Å². The molecular weight excluding hydrogens is 190 g/mol. The SMILES string of the molecule is CC(C)NC(CO)(NC(C)C)NC(C)C. The summed E-state index contributed by atoms with van der Waals surface area (Å²) in [4.78, 5) is 0. The van der Waals surface area contributed by atoms with Gasteiger partial charge in [0.25, 0.3) is 0 Å². The summed E-state index contributed by atoms with van der Waals surface area (Å²) in [5.41, 5.74) is 0. The quantitative estimate of drug-likeness (QED) is 0.472. The molecule has 0 radical (unpaired) electrons. The highest BCUT2D eigenvalue weighted by molar-refractivity contribution is 4.86. The minimum absolute atomic E-state index is 0.0154. The van der Waals surface area contributed by atoms with E-state index in [0.29, 0.717) is 18.1 Å². The lowest BCUT2D eigenvalue weighted by atomic mass is 10.2. The van der Waals surface area contributed by atoms with Gasteiger partial charge in [-0.25, -0.2) is 0 Å². The van der Waals surface area contributed by atoms with E-state index in [9.17, 15) is 5.11 Å². The summed E-state index contributed by atoms with van der Waals surface area (Å²) in [7, 11) is 0. The molecule has 0 aliphatic heterocycles. The second kappa shape index (κ2) is 6.43. The fourth-order valence-electron chi connectivity index (χ4n) is 1.74. The average Bonchev–Trinajstić information content (AvgIpc) is 1.99. The van der Waals surface area contributed by atoms with Crippen molar-refractivity contribution in [2.75, 3.05) is 6.61 Å². The van der Waals surface area contributed by atoms with Crippen molar-refractivity contribution >= 4 is 0 Å². The van der Waals surface area contributed by atoms with Crippen LogP contribution in [0.4, 0.5) is 0 Å². The van der Waals surface area contributed by atoms with Crippen molar-refractivity contribution in [1.29, 1.82) is 0 Å². The molecule has 0 saturated heterocycles. The first-order valence-corrected chi connectivity index (χ1v) is 5.75. The maximum atomic E-state index is 9.54. The maximum absolute atomic E-state index is 9.54. The molecule has 0 amide bonds.